The van der Waals surface area contributed by atoms with Gasteiger partial charge in [0.1, 0.15) is 17.7 Å². The Balaban J connectivity index is 2.08. The predicted molar refractivity (Wildman–Crippen MR) is 98.0 cm³/mol. The minimum absolute atomic E-state index is 0.400. The van der Waals surface area contributed by atoms with Gasteiger partial charge in [-0.3, -0.25) is 5.41 Å². The fraction of sp³-hybridized carbons (Fsp3) is 0.273. The van der Waals surface area contributed by atoms with Crippen molar-refractivity contribution in [2.75, 3.05) is 0 Å². The molecular formula is C22H14F2N4O2. The zero-order chi connectivity index (χ0) is 21.7. The van der Waals surface area contributed by atoms with Gasteiger partial charge in [0.2, 0.25) is 17.1 Å². The molecule has 8 heteroatoms. The Morgan fingerprint density at radius 2 is 1.67 bits per heavy atom. The molecule has 148 valence electrons. The lowest BCUT2D eigenvalue weighted by molar-refractivity contribution is -0.289. The maximum absolute atomic E-state index is 14.8. The van der Waals surface area contributed by atoms with E-state index in [1.807, 2.05) is 6.07 Å². The first-order valence-corrected chi connectivity index (χ1v) is 9.03. The highest BCUT2D eigenvalue weighted by Crippen LogP contribution is 2.69. The van der Waals surface area contributed by atoms with Crippen molar-refractivity contribution >= 4 is 5.90 Å². The Hall–Kier alpha value is -3.80. The third-order valence-electron chi connectivity index (χ3n) is 6.09. The second-order valence-corrected chi connectivity index (χ2v) is 7.30. The van der Waals surface area contributed by atoms with Crippen LogP contribution in [-0.4, -0.2) is 5.90 Å². The lowest BCUT2D eigenvalue weighted by Crippen LogP contribution is -2.57. The molecule has 0 saturated carbocycles. The summed E-state index contributed by atoms with van der Waals surface area (Å²) in [5, 5.41) is 38.7. The van der Waals surface area contributed by atoms with Crippen LogP contribution in [0.4, 0.5) is 8.78 Å². The fourth-order valence-corrected chi connectivity index (χ4v) is 4.53. The van der Waals surface area contributed by atoms with E-state index in [4.69, 9.17) is 14.9 Å². The van der Waals surface area contributed by atoms with Crippen LogP contribution in [0.5, 0.6) is 0 Å². The van der Waals surface area contributed by atoms with Crippen LogP contribution in [0.15, 0.2) is 48.5 Å². The van der Waals surface area contributed by atoms with Crippen molar-refractivity contribution in [1.82, 2.24) is 0 Å². The molecule has 6 nitrogen and oxygen atoms in total. The van der Waals surface area contributed by atoms with Gasteiger partial charge in [0, 0.05) is 11.1 Å². The molecule has 4 unspecified atom stereocenters. The van der Waals surface area contributed by atoms with Gasteiger partial charge in [-0.05, 0) is 18.2 Å². The van der Waals surface area contributed by atoms with E-state index < -0.39 is 51.7 Å². The van der Waals surface area contributed by atoms with Crippen molar-refractivity contribution in [3.63, 3.8) is 0 Å². The normalized spacial score (nSPS) is 31.1. The van der Waals surface area contributed by atoms with Crippen molar-refractivity contribution in [2.45, 2.75) is 18.8 Å². The standard InChI is InChI=1S/C22H14F2N4O2/c1-13-21(12-27)19(28)30-22(13,14-5-3-2-4-6-14)29-18(20(21,10-25)11-26)16-9-15(23)7-8-17(16)24/h2-9,13,18,28H,1H3. The average Bonchev–Trinajstić information content (AvgIpc) is 2.92. The smallest absolute Gasteiger partial charge is 0.244 e. The molecule has 30 heavy (non-hydrogen) atoms. The minimum atomic E-state index is -2.36. The summed E-state index contributed by atoms with van der Waals surface area (Å²) in [5.74, 6) is -5.05. The fourth-order valence-electron chi connectivity index (χ4n) is 4.53. The first-order chi connectivity index (χ1) is 14.3. The van der Waals surface area contributed by atoms with Gasteiger partial charge < -0.3 is 9.47 Å². The summed E-state index contributed by atoms with van der Waals surface area (Å²) < 4.78 is 40.6. The van der Waals surface area contributed by atoms with Crippen LogP contribution in [0.3, 0.4) is 0 Å². The molecule has 0 aromatic heterocycles. The van der Waals surface area contributed by atoms with E-state index >= 15 is 0 Å². The van der Waals surface area contributed by atoms with E-state index in [0.717, 1.165) is 18.2 Å². The Kier molecular flexibility index (Phi) is 4.13. The Morgan fingerprint density at radius 1 is 1.00 bits per heavy atom. The minimum Gasteiger partial charge on any atom is -0.443 e. The van der Waals surface area contributed by atoms with Crippen molar-refractivity contribution in [3.8, 4) is 18.2 Å². The van der Waals surface area contributed by atoms with Crippen LogP contribution < -0.4 is 0 Å². The summed E-state index contributed by atoms with van der Waals surface area (Å²) in [7, 11) is 0. The third kappa shape index (κ3) is 2.08. The molecule has 2 heterocycles. The summed E-state index contributed by atoms with van der Waals surface area (Å²) >= 11 is 0. The molecule has 2 aliphatic rings. The van der Waals surface area contributed by atoms with Crippen molar-refractivity contribution < 1.29 is 18.3 Å². The third-order valence-corrected chi connectivity index (χ3v) is 6.09. The number of fused-ring (bicyclic) bond motifs is 2. The Bertz CT molecular complexity index is 1170. The maximum Gasteiger partial charge on any atom is 0.244 e. The molecular weight excluding hydrogens is 390 g/mol. The number of ether oxygens (including phenoxy) is 2. The van der Waals surface area contributed by atoms with Gasteiger partial charge in [0.15, 0.2) is 5.41 Å². The largest absolute Gasteiger partial charge is 0.443 e. The van der Waals surface area contributed by atoms with Crippen LogP contribution >= 0.6 is 0 Å². The van der Waals surface area contributed by atoms with Gasteiger partial charge in [-0.1, -0.05) is 37.3 Å². The van der Waals surface area contributed by atoms with Crippen LogP contribution in [-0.2, 0) is 15.3 Å². The molecule has 0 amide bonds. The first kappa shape index (κ1) is 19.5. The zero-order valence-corrected chi connectivity index (χ0v) is 15.7. The molecule has 0 spiro atoms. The van der Waals surface area contributed by atoms with Gasteiger partial charge >= 0.3 is 0 Å². The highest BCUT2D eigenvalue weighted by molar-refractivity contribution is 5.89. The second kappa shape index (κ2) is 6.35. The number of rotatable bonds is 2. The topological polar surface area (TPSA) is 114 Å². The molecule has 4 rings (SSSR count). The molecule has 2 aliphatic heterocycles. The molecule has 0 aliphatic carbocycles. The van der Waals surface area contributed by atoms with Crippen molar-refractivity contribution in [1.29, 1.82) is 21.2 Å². The van der Waals surface area contributed by atoms with Crippen molar-refractivity contribution in [2.24, 2.45) is 16.7 Å². The molecule has 4 atom stereocenters. The van der Waals surface area contributed by atoms with E-state index in [2.05, 4.69) is 0 Å². The lowest BCUT2D eigenvalue weighted by Gasteiger charge is -2.48. The van der Waals surface area contributed by atoms with E-state index in [0.29, 0.717) is 5.56 Å². The van der Waals surface area contributed by atoms with E-state index in [1.165, 1.54) is 0 Å². The van der Waals surface area contributed by atoms with E-state index in [-0.39, 0.29) is 0 Å². The molecule has 2 bridgehead atoms. The second-order valence-electron chi connectivity index (χ2n) is 7.30. The number of hydrogen-bond donors (Lipinski definition) is 1. The highest BCUT2D eigenvalue weighted by atomic mass is 19.1. The number of nitrogens with one attached hydrogen (secondary N) is 1. The molecule has 0 radical (unpaired) electrons. The number of benzene rings is 2. The zero-order valence-electron chi connectivity index (χ0n) is 15.7. The first-order valence-electron chi connectivity index (χ1n) is 9.03. The molecule has 2 fully saturated rings. The van der Waals surface area contributed by atoms with Gasteiger partial charge in [-0.15, -0.1) is 0 Å². The number of nitriles is 3. The van der Waals surface area contributed by atoms with Gasteiger partial charge in [0.25, 0.3) is 0 Å². The lowest BCUT2D eigenvalue weighted by atomic mass is 9.53. The molecule has 2 aromatic carbocycles. The highest BCUT2D eigenvalue weighted by Gasteiger charge is 2.80. The average molecular weight is 404 g/mol. The summed E-state index contributed by atoms with van der Waals surface area (Å²) in [6.45, 7) is 1.54. The molecule has 2 saturated heterocycles. The SMILES string of the molecule is CC1C2(c3ccccc3)OC(=N)C1(C#N)C(C#N)(C#N)C(c1cc(F)ccc1F)O2. The molecule has 1 N–H and O–H groups in total. The summed E-state index contributed by atoms with van der Waals surface area (Å²) in [6.07, 6.45) is -1.69. The number of nitrogens with zero attached hydrogens (tertiary/aromatic N) is 3. The van der Waals surface area contributed by atoms with Gasteiger partial charge in [-0.25, -0.2) is 8.78 Å². The summed E-state index contributed by atoms with van der Waals surface area (Å²) in [6, 6.07) is 16.5. The maximum atomic E-state index is 14.8. The van der Waals surface area contributed by atoms with Crippen LogP contribution in [0.25, 0.3) is 0 Å². The number of halogens is 2. The Morgan fingerprint density at radius 3 is 2.27 bits per heavy atom. The monoisotopic (exact) mass is 404 g/mol. The van der Waals surface area contributed by atoms with E-state index in [9.17, 15) is 24.6 Å². The van der Waals surface area contributed by atoms with Gasteiger partial charge in [-0.2, -0.15) is 15.8 Å². The quantitative estimate of drug-likeness (QED) is 0.810. The van der Waals surface area contributed by atoms with Crippen LogP contribution in [0, 0.1) is 67.8 Å². The van der Waals surface area contributed by atoms with Gasteiger partial charge in [0.05, 0.1) is 24.1 Å². The number of hydrogen-bond acceptors (Lipinski definition) is 6. The summed E-state index contributed by atoms with van der Waals surface area (Å²) in [5.41, 5.74) is -4.41. The van der Waals surface area contributed by atoms with E-state index in [1.54, 1.807) is 49.4 Å². The van der Waals surface area contributed by atoms with Crippen molar-refractivity contribution in [3.05, 3.63) is 71.3 Å². The predicted octanol–water partition coefficient (Wildman–Crippen LogP) is 4.08. The summed E-state index contributed by atoms with van der Waals surface area (Å²) in [4.78, 5) is 0. The van der Waals surface area contributed by atoms with Crippen LogP contribution in [0.2, 0.25) is 0 Å². The Labute approximate surface area is 171 Å². The van der Waals surface area contributed by atoms with Crippen LogP contribution in [0.1, 0.15) is 24.2 Å². The molecule has 2 aromatic rings.